The van der Waals surface area contributed by atoms with Gasteiger partial charge >= 0.3 is 0 Å². The summed E-state index contributed by atoms with van der Waals surface area (Å²) < 4.78 is 6.89. The normalized spacial score (nSPS) is 11.3. The van der Waals surface area contributed by atoms with Crippen molar-refractivity contribution < 1.29 is 4.52 Å². The molecule has 0 aliphatic rings. The zero-order valence-corrected chi connectivity index (χ0v) is 10.3. The molecule has 0 fully saturated rings. The van der Waals surface area contributed by atoms with E-state index in [1.807, 2.05) is 13.2 Å². The molecule has 0 radical (unpaired) electrons. The van der Waals surface area contributed by atoms with Gasteiger partial charge in [-0.25, -0.2) is 0 Å². The van der Waals surface area contributed by atoms with Crippen molar-refractivity contribution in [1.29, 1.82) is 0 Å². The van der Waals surface area contributed by atoms with Crippen LogP contribution in [0.5, 0.6) is 0 Å². The summed E-state index contributed by atoms with van der Waals surface area (Å²) in [6.07, 6.45) is 4.33. The third-order valence-electron chi connectivity index (χ3n) is 2.32. The van der Waals surface area contributed by atoms with Gasteiger partial charge in [-0.2, -0.15) is 10.1 Å². The van der Waals surface area contributed by atoms with Gasteiger partial charge in [0.2, 0.25) is 11.7 Å². The van der Waals surface area contributed by atoms with Gasteiger partial charge in [0.15, 0.2) is 0 Å². The lowest BCUT2D eigenvalue weighted by Crippen LogP contribution is -2.25. The summed E-state index contributed by atoms with van der Waals surface area (Å²) in [5, 5.41) is 11.3. The van der Waals surface area contributed by atoms with E-state index in [4.69, 9.17) is 4.52 Å². The highest BCUT2D eigenvalue weighted by Crippen LogP contribution is 2.13. The summed E-state index contributed by atoms with van der Waals surface area (Å²) in [7, 11) is 1.86. The van der Waals surface area contributed by atoms with E-state index in [0.29, 0.717) is 17.8 Å². The Balaban J connectivity index is 1.96. The number of aryl methyl sites for hydroxylation is 1. The number of nitrogens with one attached hydrogen (secondary N) is 1. The quantitative estimate of drug-likeness (QED) is 0.837. The van der Waals surface area contributed by atoms with Gasteiger partial charge in [0.25, 0.3) is 0 Å². The maximum atomic E-state index is 5.17. The minimum absolute atomic E-state index is 0.468. The molecule has 0 aliphatic heterocycles. The van der Waals surface area contributed by atoms with Crippen molar-refractivity contribution >= 4 is 0 Å². The van der Waals surface area contributed by atoms with Crippen molar-refractivity contribution in [2.45, 2.75) is 26.3 Å². The largest absolute Gasteiger partial charge is 0.339 e. The molecular formula is C11H17N5O. The van der Waals surface area contributed by atoms with E-state index in [1.165, 1.54) is 0 Å². The Kier molecular flexibility index (Phi) is 3.53. The van der Waals surface area contributed by atoms with E-state index in [2.05, 4.69) is 34.4 Å². The molecule has 2 aromatic heterocycles. The van der Waals surface area contributed by atoms with Crippen LogP contribution < -0.4 is 5.32 Å². The molecule has 0 atom stereocenters. The highest BCUT2D eigenvalue weighted by atomic mass is 16.5. The Labute approximate surface area is 100 Å². The van der Waals surface area contributed by atoms with Gasteiger partial charge in [-0.3, -0.25) is 4.68 Å². The Hall–Kier alpha value is -1.69. The predicted octanol–water partition coefficient (Wildman–Crippen LogP) is 1.01. The van der Waals surface area contributed by atoms with Crippen LogP contribution in [0, 0.1) is 0 Å². The van der Waals surface area contributed by atoms with E-state index >= 15 is 0 Å². The van der Waals surface area contributed by atoms with E-state index in [0.717, 1.165) is 18.5 Å². The third kappa shape index (κ3) is 3.13. The molecular weight excluding hydrogens is 218 g/mol. The van der Waals surface area contributed by atoms with Gasteiger partial charge in [0.05, 0.1) is 11.8 Å². The maximum Gasteiger partial charge on any atom is 0.228 e. The first-order valence-corrected chi connectivity index (χ1v) is 5.70. The van der Waals surface area contributed by atoms with Crippen LogP contribution in [0.2, 0.25) is 0 Å². The lowest BCUT2D eigenvalue weighted by Gasteiger charge is -2.04. The topological polar surface area (TPSA) is 68.8 Å². The average Bonchev–Trinajstić information content (AvgIpc) is 2.86. The van der Waals surface area contributed by atoms with Gasteiger partial charge in [-0.1, -0.05) is 19.0 Å². The zero-order valence-electron chi connectivity index (χ0n) is 10.3. The Bertz CT molecular complexity index is 474. The van der Waals surface area contributed by atoms with Crippen LogP contribution in [0.1, 0.15) is 19.7 Å². The van der Waals surface area contributed by atoms with Crippen molar-refractivity contribution in [2.24, 2.45) is 7.05 Å². The molecule has 6 nitrogen and oxygen atoms in total. The summed E-state index contributed by atoms with van der Waals surface area (Å²) in [5.74, 6) is 1.25. The molecule has 2 heterocycles. The third-order valence-corrected chi connectivity index (χ3v) is 2.32. The monoisotopic (exact) mass is 235 g/mol. The van der Waals surface area contributed by atoms with Crippen LogP contribution in [0.3, 0.4) is 0 Å². The molecule has 0 saturated carbocycles. The van der Waals surface area contributed by atoms with Crippen molar-refractivity contribution in [3.63, 3.8) is 0 Å². The van der Waals surface area contributed by atoms with Gasteiger partial charge in [-0.15, -0.1) is 0 Å². The van der Waals surface area contributed by atoms with Crippen LogP contribution in [-0.4, -0.2) is 32.5 Å². The van der Waals surface area contributed by atoms with Gasteiger partial charge in [-0.05, 0) is 0 Å². The molecule has 2 rings (SSSR count). The molecule has 1 N–H and O–H groups in total. The minimum atomic E-state index is 0.468. The summed E-state index contributed by atoms with van der Waals surface area (Å²) >= 11 is 0. The first-order chi connectivity index (χ1) is 8.15. The van der Waals surface area contributed by atoms with Crippen LogP contribution in [0.25, 0.3) is 11.4 Å². The molecule has 92 valence electrons. The fourth-order valence-electron chi connectivity index (χ4n) is 1.48. The van der Waals surface area contributed by atoms with Gasteiger partial charge in [0.1, 0.15) is 0 Å². The summed E-state index contributed by atoms with van der Waals surface area (Å²) in [5.41, 5.74) is 0.874. The van der Waals surface area contributed by atoms with E-state index in [-0.39, 0.29) is 0 Å². The molecule has 0 unspecified atom stereocenters. The van der Waals surface area contributed by atoms with Crippen LogP contribution in [-0.2, 0) is 13.5 Å². The number of hydrogen-bond donors (Lipinski definition) is 1. The molecule has 17 heavy (non-hydrogen) atoms. The molecule has 6 heteroatoms. The number of aromatic nitrogens is 4. The van der Waals surface area contributed by atoms with E-state index in [1.54, 1.807) is 10.9 Å². The fourth-order valence-corrected chi connectivity index (χ4v) is 1.48. The average molecular weight is 235 g/mol. The van der Waals surface area contributed by atoms with Crippen molar-refractivity contribution in [1.82, 2.24) is 25.2 Å². The highest BCUT2D eigenvalue weighted by molar-refractivity contribution is 5.50. The van der Waals surface area contributed by atoms with Crippen LogP contribution in [0.4, 0.5) is 0 Å². The molecule has 0 amide bonds. The highest BCUT2D eigenvalue weighted by Gasteiger charge is 2.09. The first kappa shape index (κ1) is 11.8. The zero-order chi connectivity index (χ0) is 12.3. The second-order valence-electron chi connectivity index (χ2n) is 4.27. The van der Waals surface area contributed by atoms with Crippen LogP contribution in [0.15, 0.2) is 16.9 Å². The molecule has 0 aromatic carbocycles. The lowest BCUT2D eigenvalue weighted by atomic mass is 10.3. The number of nitrogens with zero attached hydrogens (tertiary/aromatic N) is 4. The fraction of sp³-hybridized carbons (Fsp3) is 0.545. The SMILES string of the molecule is CC(C)NCCc1nc(-c2cnn(C)c2)no1. The first-order valence-electron chi connectivity index (χ1n) is 5.70. The molecule has 0 bridgehead atoms. The van der Waals surface area contributed by atoms with Gasteiger partial charge < -0.3 is 9.84 Å². The summed E-state index contributed by atoms with van der Waals surface area (Å²) in [4.78, 5) is 4.32. The Morgan fingerprint density at radius 3 is 2.94 bits per heavy atom. The Morgan fingerprint density at radius 1 is 1.47 bits per heavy atom. The molecule has 0 spiro atoms. The molecule has 0 aliphatic carbocycles. The number of rotatable bonds is 5. The minimum Gasteiger partial charge on any atom is -0.339 e. The Morgan fingerprint density at radius 2 is 2.29 bits per heavy atom. The van der Waals surface area contributed by atoms with Crippen molar-refractivity contribution in [3.05, 3.63) is 18.3 Å². The van der Waals surface area contributed by atoms with Crippen molar-refractivity contribution in [3.8, 4) is 11.4 Å². The summed E-state index contributed by atoms with van der Waals surface area (Å²) in [6.45, 7) is 5.05. The van der Waals surface area contributed by atoms with Crippen molar-refractivity contribution in [2.75, 3.05) is 6.54 Å². The number of hydrogen-bond acceptors (Lipinski definition) is 5. The standard InChI is InChI=1S/C11H17N5O/c1-8(2)12-5-4-10-14-11(15-17-10)9-6-13-16(3)7-9/h6-8,12H,4-5H2,1-3H3. The smallest absolute Gasteiger partial charge is 0.228 e. The molecule has 0 saturated heterocycles. The predicted molar refractivity (Wildman–Crippen MR) is 63.3 cm³/mol. The summed E-state index contributed by atoms with van der Waals surface area (Å²) in [6, 6.07) is 0.468. The van der Waals surface area contributed by atoms with E-state index in [9.17, 15) is 0 Å². The second-order valence-corrected chi connectivity index (χ2v) is 4.27. The van der Waals surface area contributed by atoms with E-state index < -0.39 is 0 Å². The molecule has 2 aromatic rings. The maximum absolute atomic E-state index is 5.17. The van der Waals surface area contributed by atoms with Gasteiger partial charge in [0, 0.05) is 32.3 Å². The second kappa shape index (κ2) is 5.09. The van der Waals surface area contributed by atoms with Crippen LogP contribution >= 0.6 is 0 Å². The lowest BCUT2D eigenvalue weighted by molar-refractivity contribution is 0.374.